The molecule has 0 saturated carbocycles. The fraction of sp³-hybridized carbons (Fsp3) is 0.400. The number of oxazole rings is 1. The Balaban J connectivity index is 1.51. The van der Waals surface area contributed by atoms with Gasteiger partial charge in [0, 0.05) is 24.3 Å². The monoisotopic (exact) mass is 366 g/mol. The zero-order chi connectivity index (χ0) is 19.0. The van der Waals surface area contributed by atoms with Crippen molar-refractivity contribution in [1.29, 1.82) is 0 Å². The van der Waals surface area contributed by atoms with E-state index in [1.54, 1.807) is 13.8 Å². The molecule has 2 aromatic heterocycles. The number of hydrogen-bond donors (Lipinski definition) is 1. The number of nitrogens with zero attached hydrogens (tertiary/aromatic N) is 3. The highest BCUT2D eigenvalue weighted by atomic mass is 16.3. The summed E-state index contributed by atoms with van der Waals surface area (Å²) in [5.74, 6) is 1.25. The molecule has 1 unspecified atom stereocenters. The summed E-state index contributed by atoms with van der Waals surface area (Å²) in [5, 5.41) is 0. The standard InChI is InChI=1S/C20H22N4O3/c1-12-15(19(26)22-13(2)21-12)10-18(25)24-9-5-6-14(11-24)20-23-16-7-3-4-8-17(16)27-20/h3-4,7-8,14H,5-6,9-11H2,1-2H3,(H,21,22,26). The molecule has 3 aromatic rings. The van der Waals surface area contributed by atoms with Crippen LogP contribution in [0.2, 0.25) is 0 Å². The van der Waals surface area contributed by atoms with Crippen molar-refractivity contribution < 1.29 is 9.21 Å². The molecule has 0 bridgehead atoms. The molecule has 0 spiro atoms. The summed E-state index contributed by atoms with van der Waals surface area (Å²) in [5.41, 5.74) is 2.42. The third-order valence-electron chi connectivity index (χ3n) is 5.10. The van der Waals surface area contributed by atoms with Gasteiger partial charge in [0.2, 0.25) is 5.91 Å². The van der Waals surface area contributed by atoms with E-state index in [1.165, 1.54) is 0 Å². The number of hydrogen-bond acceptors (Lipinski definition) is 5. The Morgan fingerprint density at radius 3 is 2.89 bits per heavy atom. The van der Waals surface area contributed by atoms with Gasteiger partial charge in [-0.2, -0.15) is 0 Å². The Labute approximate surface area is 156 Å². The highest BCUT2D eigenvalue weighted by molar-refractivity contribution is 5.79. The summed E-state index contributed by atoms with van der Waals surface area (Å²) in [6.07, 6.45) is 1.88. The predicted molar refractivity (Wildman–Crippen MR) is 101 cm³/mol. The van der Waals surface area contributed by atoms with E-state index in [0.717, 1.165) is 23.9 Å². The summed E-state index contributed by atoms with van der Waals surface area (Å²) in [7, 11) is 0. The second kappa shape index (κ2) is 6.98. The molecular weight excluding hydrogens is 344 g/mol. The number of H-pyrrole nitrogens is 1. The minimum Gasteiger partial charge on any atom is -0.440 e. The first kappa shape index (κ1) is 17.5. The molecule has 1 saturated heterocycles. The maximum atomic E-state index is 12.8. The van der Waals surface area contributed by atoms with Crippen molar-refractivity contribution in [2.75, 3.05) is 13.1 Å². The fourth-order valence-electron chi connectivity index (χ4n) is 3.69. The number of aromatic nitrogens is 3. The van der Waals surface area contributed by atoms with E-state index in [4.69, 9.17) is 4.42 Å². The van der Waals surface area contributed by atoms with Gasteiger partial charge in [0.15, 0.2) is 11.5 Å². The summed E-state index contributed by atoms with van der Waals surface area (Å²) in [4.78, 5) is 38.3. The van der Waals surface area contributed by atoms with Gasteiger partial charge in [-0.05, 0) is 38.8 Å². The Bertz CT molecular complexity index is 1020. The van der Waals surface area contributed by atoms with Crippen molar-refractivity contribution in [2.24, 2.45) is 0 Å². The quantitative estimate of drug-likeness (QED) is 0.769. The number of aromatic amines is 1. The van der Waals surface area contributed by atoms with Crippen LogP contribution in [0.1, 0.15) is 41.7 Å². The van der Waals surface area contributed by atoms with Gasteiger partial charge >= 0.3 is 0 Å². The van der Waals surface area contributed by atoms with Crippen LogP contribution in [0.25, 0.3) is 11.1 Å². The lowest BCUT2D eigenvalue weighted by molar-refractivity contribution is -0.131. The lowest BCUT2D eigenvalue weighted by Crippen LogP contribution is -2.41. The number of benzene rings is 1. The van der Waals surface area contributed by atoms with Crippen molar-refractivity contribution in [3.63, 3.8) is 0 Å². The van der Waals surface area contributed by atoms with Gasteiger partial charge in [0.05, 0.1) is 12.3 Å². The predicted octanol–water partition coefficient (Wildman–Crippen LogP) is 2.48. The SMILES string of the molecule is Cc1nc(C)c(CC(=O)N2CCCC(c3nc4ccccc4o3)C2)c(=O)[nH]1. The molecule has 3 heterocycles. The minimum atomic E-state index is -0.235. The number of nitrogens with one attached hydrogen (secondary N) is 1. The molecule has 0 radical (unpaired) electrons. The van der Waals surface area contributed by atoms with Gasteiger partial charge in [-0.1, -0.05) is 12.1 Å². The van der Waals surface area contributed by atoms with E-state index in [1.807, 2.05) is 29.2 Å². The number of para-hydroxylation sites is 2. The molecule has 7 nitrogen and oxygen atoms in total. The molecular formula is C20H22N4O3. The van der Waals surface area contributed by atoms with E-state index < -0.39 is 0 Å². The number of piperidine rings is 1. The molecule has 140 valence electrons. The van der Waals surface area contributed by atoms with Crippen molar-refractivity contribution in [2.45, 2.75) is 39.0 Å². The lowest BCUT2D eigenvalue weighted by atomic mass is 9.97. The number of likely N-dealkylation sites (tertiary alicyclic amines) is 1. The van der Waals surface area contributed by atoms with E-state index >= 15 is 0 Å². The lowest BCUT2D eigenvalue weighted by Gasteiger charge is -2.31. The van der Waals surface area contributed by atoms with Crippen molar-refractivity contribution in [3.05, 3.63) is 57.6 Å². The van der Waals surface area contributed by atoms with E-state index in [9.17, 15) is 9.59 Å². The highest BCUT2D eigenvalue weighted by Crippen LogP contribution is 2.29. The first-order chi connectivity index (χ1) is 13.0. The number of rotatable bonds is 3. The second-order valence-corrected chi connectivity index (χ2v) is 7.09. The van der Waals surface area contributed by atoms with E-state index in [0.29, 0.717) is 36.1 Å². The molecule has 1 aliphatic heterocycles. The molecule has 1 aromatic carbocycles. The van der Waals surface area contributed by atoms with Crippen LogP contribution in [0.15, 0.2) is 33.5 Å². The molecule has 1 atom stereocenters. The van der Waals surface area contributed by atoms with Crippen LogP contribution in [0.4, 0.5) is 0 Å². The Morgan fingerprint density at radius 1 is 1.30 bits per heavy atom. The number of fused-ring (bicyclic) bond motifs is 1. The van der Waals surface area contributed by atoms with Gasteiger partial charge in [-0.3, -0.25) is 9.59 Å². The van der Waals surface area contributed by atoms with Gasteiger partial charge in [-0.15, -0.1) is 0 Å². The number of aryl methyl sites for hydroxylation is 2. The van der Waals surface area contributed by atoms with Crippen molar-refractivity contribution in [1.82, 2.24) is 19.9 Å². The maximum Gasteiger partial charge on any atom is 0.254 e. The zero-order valence-electron chi connectivity index (χ0n) is 15.5. The minimum absolute atomic E-state index is 0.0601. The smallest absolute Gasteiger partial charge is 0.254 e. The van der Waals surface area contributed by atoms with Crippen LogP contribution >= 0.6 is 0 Å². The molecule has 27 heavy (non-hydrogen) atoms. The maximum absolute atomic E-state index is 12.8. The molecule has 1 fully saturated rings. The third-order valence-corrected chi connectivity index (χ3v) is 5.10. The fourth-order valence-corrected chi connectivity index (χ4v) is 3.69. The van der Waals surface area contributed by atoms with Crippen LogP contribution in [-0.4, -0.2) is 38.8 Å². The Kier molecular flexibility index (Phi) is 4.51. The topological polar surface area (TPSA) is 92.1 Å². The Morgan fingerprint density at radius 2 is 2.11 bits per heavy atom. The van der Waals surface area contributed by atoms with Crippen LogP contribution in [-0.2, 0) is 11.2 Å². The van der Waals surface area contributed by atoms with Crippen molar-refractivity contribution in [3.8, 4) is 0 Å². The van der Waals surface area contributed by atoms with Crippen LogP contribution < -0.4 is 5.56 Å². The number of carbonyl (C=O) groups is 1. The van der Waals surface area contributed by atoms with E-state index in [-0.39, 0.29) is 23.8 Å². The average Bonchev–Trinajstić information content (AvgIpc) is 3.09. The third kappa shape index (κ3) is 3.49. The summed E-state index contributed by atoms with van der Waals surface area (Å²) < 4.78 is 5.89. The molecule has 0 aliphatic carbocycles. The van der Waals surface area contributed by atoms with Crippen LogP contribution in [0.5, 0.6) is 0 Å². The van der Waals surface area contributed by atoms with Gasteiger partial charge in [-0.25, -0.2) is 9.97 Å². The summed E-state index contributed by atoms with van der Waals surface area (Å²) in [6, 6.07) is 7.68. The van der Waals surface area contributed by atoms with Crippen LogP contribution in [0, 0.1) is 13.8 Å². The first-order valence-electron chi connectivity index (χ1n) is 9.21. The molecule has 1 N–H and O–H groups in total. The molecule has 1 amide bonds. The average molecular weight is 366 g/mol. The number of amides is 1. The highest BCUT2D eigenvalue weighted by Gasteiger charge is 2.28. The van der Waals surface area contributed by atoms with Crippen LogP contribution in [0.3, 0.4) is 0 Å². The zero-order valence-corrected chi connectivity index (χ0v) is 15.5. The summed E-state index contributed by atoms with van der Waals surface area (Å²) >= 11 is 0. The van der Waals surface area contributed by atoms with Gasteiger partial charge in [0.1, 0.15) is 11.3 Å². The van der Waals surface area contributed by atoms with E-state index in [2.05, 4.69) is 15.0 Å². The molecule has 7 heteroatoms. The van der Waals surface area contributed by atoms with Gasteiger partial charge in [0.25, 0.3) is 5.56 Å². The molecule has 1 aliphatic rings. The van der Waals surface area contributed by atoms with Crippen molar-refractivity contribution >= 4 is 17.0 Å². The first-order valence-corrected chi connectivity index (χ1v) is 9.21. The normalized spacial score (nSPS) is 17.4. The summed E-state index contributed by atoms with van der Waals surface area (Å²) in [6.45, 7) is 4.74. The largest absolute Gasteiger partial charge is 0.440 e. The Hall–Kier alpha value is -2.96. The number of carbonyl (C=O) groups excluding carboxylic acids is 1. The molecule has 4 rings (SSSR count). The second-order valence-electron chi connectivity index (χ2n) is 7.09. The van der Waals surface area contributed by atoms with Gasteiger partial charge < -0.3 is 14.3 Å².